The normalized spacial score (nSPS) is 13.3. The standard InChI is InChI=1S/C39H65O8P/c1-3-5-7-9-11-13-15-16-17-18-19-20-21-22-24-26-28-30-32-34-39(41)47-37(36-46-48(42,43)44)35-45-38(40)33-31-29-27-25-23-14-12-10-8-6-4-2/h10-13,16-17,19-20,22,24,28,30,37H,3-9,14-15,18,21,23,25-27,29,31-36H2,1-2H3,(H2,42,43,44)/b12-10-,13-11-,17-16-,20-19-,24-22-,30-28-/t37-/m1/s1. The molecule has 0 aliphatic heterocycles. The van der Waals surface area contributed by atoms with Crippen LogP contribution in [0.4, 0.5) is 0 Å². The molecule has 0 bridgehead atoms. The number of rotatable bonds is 32. The zero-order valence-electron chi connectivity index (χ0n) is 29.9. The van der Waals surface area contributed by atoms with E-state index in [4.69, 9.17) is 19.3 Å². The van der Waals surface area contributed by atoms with Crippen LogP contribution in [0.5, 0.6) is 0 Å². The van der Waals surface area contributed by atoms with Crippen LogP contribution in [0, 0.1) is 0 Å². The van der Waals surface area contributed by atoms with Gasteiger partial charge in [-0.1, -0.05) is 132 Å². The van der Waals surface area contributed by atoms with Crippen LogP contribution in [0.15, 0.2) is 72.9 Å². The van der Waals surface area contributed by atoms with Crippen LogP contribution >= 0.6 is 7.82 Å². The molecule has 0 aliphatic rings. The van der Waals surface area contributed by atoms with Gasteiger partial charge in [-0.15, -0.1) is 0 Å². The van der Waals surface area contributed by atoms with Crippen molar-refractivity contribution in [2.24, 2.45) is 0 Å². The van der Waals surface area contributed by atoms with Crippen LogP contribution in [-0.4, -0.2) is 41.0 Å². The molecule has 0 fully saturated rings. The van der Waals surface area contributed by atoms with E-state index in [1.165, 1.54) is 38.5 Å². The van der Waals surface area contributed by atoms with E-state index < -0.39 is 32.5 Å². The number of allylic oxidation sites excluding steroid dienone is 12. The molecule has 0 saturated heterocycles. The number of hydrogen-bond donors (Lipinski definition) is 2. The Labute approximate surface area is 291 Å². The summed E-state index contributed by atoms with van der Waals surface area (Å²) >= 11 is 0. The molecule has 2 N–H and O–H groups in total. The van der Waals surface area contributed by atoms with Crippen molar-refractivity contribution in [1.29, 1.82) is 0 Å². The van der Waals surface area contributed by atoms with Crippen LogP contribution in [-0.2, 0) is 28.2 Å². The first kappa shape index (κ1) is 45.5. The van der Waals surface area contributed by atoms with E-state index in [2.05, 4.69) is 79.1 Å². The van der Waals surface area contributed by atoms with E-state index in [0.29, 0.717) is 12.8 Å². The van der Waals surface area contributed by atoms with Gasteiger partial charge in [-0.05, 0) is 70.6 Å². The van der Waals surface area contributed by atoms with Crippen LogP contribution in [0.2, 0.25) is 0 Å². The monoisotopic (exact) mass is 692 g/mol. The van der Waals surface area contributed by atoms with E-state index in [9.17, 15) is 14.2 Å². The number of carbonyl (C=O) groups excluding carboxylic acids is 2. The van der Waals surface area contributed by atoms with Crippen LogP contribution < -0.4 is 0 Å². The smallest absolute Gasteiger partial charge is 0.462 e. The maximum atomic E-state index is 12.3. The predicted molar refractivity (Wildman–Crippen MR) is 197 cm³/mol. The van der Waals surface area contributed by atoms with Crippen molar-refractivity contribution in [2.45, 2.75) is 148 Å². The number of carbonyl (C=O) groups is 2. The predicted octanol–water partition coefficient (Wildman–Crippen LogP) is 10.7. The number of hydrogen-bond acceptors (Lipinski definition) is 6. The van der Waals surface area contributed by atoms with E-state index in [0.717, 1.165) is 64.2 Å². The molecule has 0 rings (SSSR count). The second-order valence-electron chi connectivity index (χ2n) is 11.8. The first-order chi connectivity index (χ1) is 23.3. The van der Waals surface area contributed by atoms with Gasteiger partial charge in [-0.3, -0.25) is 14.1 Å². The molecule has 8 nitrogen and oxygen atoms in total. The van der Waals surface area contributed by atoms with E-state index >= 15 is 0 Å². The zero-order chi connectivity index (χ0) is 35.4. The van der Waals surface area contributed by atoms with Gasteiger partial charge >= 0.3 is 19.8 Å². The molecule has 48 heavy (non-hydrogen) atoms. The number of unbranched alkanes of at least 4 members (excludes halogenated alkanes) is 10. The lowest BCUT2D eigenvalue weighted by molar-refractivity contribution is -0.161. The fourth-order valence-electron chi connectivity index (χ4n) is 4.45. The summed E-state index contributed by atoms with van der Waals surface area (Å²) in [5.74, 6) is -1.00. The molecular formula is C39H65O8P. The van der Waals surface area contributed by atoms with Gasteiger partial charge in [0.15, 0.2) is 6.10 Å². The van der Waals surface area contributed by atoms with Crippen molar-refractivity contribution in [1.82, 2.24) is 0 Å². The lowest BCUT2D eigenvalue weighted by atomic mass is 10.1. The molecule has 0 saturated carbocycles. The maximum absolute atomic E-state index is 12.3. The summed E-state index contributed by atoms with van der Waals surface area (Å²) in [6, 6.07) is 0. The Morgan fingerprint density at radius 1 is 0.542 bits per heavy atom. The van der Waals surface area contributed by atoms with Crippen molar-refractivity contribution in [3.05, 3.63) is 72.9 Å². The summed E-state index contributed by atoms with van der Waals surface area (Å²) in [7, 11) is -4.77. The Morgan fingerprint density at radius 3 is 1.56 bits per heavy atom. The second-order valence-corrected chi connectivity index (χ2v) is 13.1. The highest BCUT2D eigenvalue weighted by atomic mass is 31.2. The van der Waals surface area contributed by atoms with E-state index in [1.807, 2.05) is 12.2 Å². The summed E-state index contributed by atoms with van der Waals surface area (Å²) in [4.78, 5) is 42.6. The quantitative estimate of drug-likeness (QED) is 0.0309. The summed E-state index contributed by atoms with van der Waals surface area (Å²) in [5, 5.41) is 0. The van der Waals surface area contributed by atoms with Crippen LogP contribution in [0.3, 0.4) is 0 Å². The lowest BCUT2D eigenvalue weighted by Gasteiger charge is -2.18. The van der Waals surface area contributed by atoms with Gasteiger partial charge in [0.25, 0.3) is 0 Å². The Hall–Kier alpha value is -2.51. The molecule has 0 heterocycles. The molecule has 0 unspecified atom stereocenters. The van der Waals surface area contributed by atoms with Gasteiger partial charge in [0.05, 0.1) is 6.61 Å². The van der Waals surface area contributed by atoms with Crippen molar-refractivity contribution in [3.8, 4) is 0 Å². The molecule has 0 radical (unpaired) electrons. The van der Waals surface area contributed by atoms with Crippen molar-refractivity contribution in [3.63, 3.8) is 0 Å². The SMILES string of the molecule is CCCC/C=C\CCCCCCCC(=O)OC[C@H](COP(=O)(O)O)OC(=O)CC/C=C\C/C=C\C/C=C\C/C=C\C/C=C\CCCCC. The van der Waals surface area contributed by atoms with Gasteiger partial charge in [0, 0.05) is 12.8 Å². The second kappa shape index (κ2) is 34.4. The van der Waals surface area contributed by atoms with Crippen LogP contribution in [0.25, 0.3) is 0 Å². The van der Waals surface area contributed by atoms with Crippen LogP contribution in [0.1, 0.15) is 142 Å². The first-order valence-corrected chi connectivity index (χ1v) is 19.8. The third kappa shape index (κ3) is 36.3. The molecule has 0 aromatic carbocycles. The summed E-state index contributed by atoms with van der Waals surface area (Å²) in [5.41, 5.74) is 0. The molecule has 0 amide bonds. The van der Waals surface area contributed by atoms with Crippen molar-refractivity contribution >= 4 is 19.8 Å². The summed E-state index contributed by atoms with van der Waals surface area (Å²) in [6.45, 7) is 3.52. The Balaban J connectivity index is 4.15. The van der Waals surface area contributed by atoms with Gasteiger partial charge in [-0.2, -0.15) is 0 Å². The van der Waals surface area contributed by atoms with Gasteiger partial charge < -0.3 is 19.3 Å². The minimum absolute atomic E-state index is 0.0833. The van der Waals surface area contributed by atoms with Crippen molar-refractivity contribution in [2.75, 3.05) is 13.2 Å². The zero-order valence-corrected chi connectivity index (χ0v) is 30.7. The molecule has 0 aromatic heterocycles. The molecule has 9 heteroatoms. The topological polar surface area (TPSA) is 119 Å². The largest absolute Gasteiger partial charge is 0.469 e. The molecule has 274 valence electrons. The average molecular weight is 693 g/mol. The van der Waals surface area contributed by atoms with Gasteiger partial charge in [0.2, 0.25) is 0 Å². The fraction of sp³-hybridized carbons (Fsp3) is 0.641. The Morgan fingerprint density at radius 2 is 1.00 bits per heavy atom. The molecule has 1 atom stereocenters. The molecule has 0 aliphatic carbocycles. The first-order valence-electron chi connectivity index (χ1n) is 18.2. The Bertz CT molecular complexity index is 1010. The number of phosphoric acid groups is 1. The van der Waals surface area contributed by atoms with Gasteiger partial charge in [0.1, 0.15) is 6.61 Å². The lowest BCUT2D eigenvalue weighted by Crippen LogP contribution is -2.29. The third-order valence-electron chi connectivity index (χ3n) is 7.21. The van der Waals surface area contributed by atoms with Gasteiger partial charge in [-0.25, -0.2) is 4.57 Å². The fourth-order valence-corrected chi connectivity index (χ4v) is 4.81. The summed E-state index contributed by atoms with van der Waals surface area (Å²) in [6.07, 6.45) is 43.5. The Kier molecular flexibility index (Phi) is 32.6. The highest BCUT2D eigenvalue weighted by Crippen LogP contribution is 2.35. The molecule has 0 aromatic rings. The highest BCUT2D eigenvalue weighted by Gasteiger charge is 2.22. The number of phosphoric ester groups is 1. The third-order valence-corrected chi connectivity index (χ3v) is 7.70. The van der Waals surface area contributed by atoms with Crippen molar-refractivity contribution < 1.29 is 37.9 Å². The van der Waals surface area contributed by atoms with E-state index in [1.54, 1.807) is 0 Å². The summed E-state index contributed by atoms with van der Waals surface area (Å²) < 4.78 is 26.2. The minimum Gasteiger partial charge on any atom is -0.462 e. The number of esters is 2. The van der Waals surface area contributed by atoms with E-state index in [-0.39, 0.29) is 19.4 Å². The molecular weight excluding hydrogens is 627 g/mol. The minimum atomic E-state index is -4.77. The average Bonchev–Trinajstić information content (AvgIpc) is 3.05. The molecule has 0 spiro atoms. The number of ether oxygens (including phenoxy) is 2. The highest BCUT2D eigenvalue weighted by molar-refractivity contribution is 7.46. The maximum Gasteiger partial charge on any atom is 0.469 e.